The van der Waals surface area contributed by atoms with Crippen molar-refractivity contribution in [2.75, 3.05) is 20.7 Å². The third-order valence-corrected chi connectivity index (χ3v) is 5.97. The van der Waals surface area contributed by atoms with Gasteiger partial charge in [-0.25, -0.2) is 0 Å². The molecular formula is C19H20N2O3. The van der Waals surface area contributed by atoms with E-state index in [-0.39, 0.29) is 11.8 Å². The van der Waals surface area contributed by atoms with E-state index in [4.69, 9.17) is 4.74 Å². The number of likely N-dealkylation sites (N-methyl/N-ethyl adjacent to an activating group) is 1. The van der Waals surface area contributed by atoms with E-state index >= 15 is 0 Å². The Morgan fingerprint density at radius 3 is 2.92 bits per heavy atom. The number of piperidine rings is 1. The van der Waals surface area contributed by atoms with Crippen LogP contribution in [-0.4, -0.2) is 47.5 Å². The molecule has 1 saturated heterocycles. The van der Waals surface area contributed by atoms with Crippen molar-refractivity contribution >= 4 is 0 Å². The normalized spacial score (nSPS) is 33.9. The number of methoxy groups -OCH3 is 1. The number of allylic oxidation sites excluding steroid dienone is 2. The Balaban J connectivity index is 2.07. The highest BCUT2D eigenvalue weighted by atomic mass is 16.5. The number of benzene rings is 1. The highest BCUT2D eigenvalue weighted by Gasteiger charge is 2.62. The number of rotatable bonds is 1. The standard InChI is InChI=1S/C19H20N2O3/c1-21-8-7-18-10-12(11-20)5-6-19(18,23)15(21)9-13-3-4-14(24-2)17(22)16(13)18/h3-6,10,15,22-23H,7-9H2,1-2H3/t15-,18-,19+/m0/s1. The van der Waals surface area contributed by atoms with Gasteiger partial charge >= 0.3 is 0 Å². The molecule has 3 atom stereocenters. The maximum atomic E-state index is 11.6. The maximum absolute atomic E-state index is 11.6. The summed E-state index contributed by atoms with van der Waals surface area (Å²) in [7, 11) is 3.53. The number of nitriles is 1. The third kappa shape index (κ3) is 1.65. The summed E-state index contributed by atoms with van der Waals surface area (Å²) in [5.74, 6) is 0.463. The van der Waals surface area contributed by atoms with Gasteiger partial charge in [-0.1, -0.05) is 12.1 Å². The molecular weight excluding hydrogens is 304 g/mol. The van der Waals surface area contributed by atoms with E-state index in [9.17, 15) is 15.5 Å². The van der Waals surface area contributed by atoms with Crippen molar-refractivity contribution in [2.24, 2.45) is 0 Å². The molecule has 2 bridgehead atoms. The molecule has 0 radical (unpaired) electrons. The molecule has 0 amide bonds. The van der Waals surface area contributed by atoms with Gasteiger partial charge in [-0.15, -0.1) is 0 Å². The molecule has 0 unspecified atom stereocenters. The number of aliphatic hydroxyl groups is 1. The zero-order valence-electron chi connectivity index (χ0n) is 13.8. The number of ether oxygens (including phenoxy) is 1. The zero-order valence-corrected chi connectivity index (χ0v) is 13.8. The van der Waals surface area contributed by atoms with Gasteiger partial charge in [0.25, 0.3) is 0 Å². The molecule has 0 saturated carbocycles. The lowest BCUT2D eigenvalue weighted by Crippen LogP contribution is -2.70. The summed E-state index contributed by atoms with van der Waals surface area (Å²) in [6.45, 7) is 0.784. The van der Waals surface area contributed by atoms with Crippen LogP contribution in [-0.2, 0) is 11.8 Å². The van der Waals surface area contributed by atoms with Gasteiger partial charge in [0.1, 0.15) is 5.60 Å². The van der Waals surface area contributed by atoms with Gasteiger partial charge < -0.3 is 14.9 Å². The van der Waals surface area contributed by atoms with Gasteiger partial charge in [-0.2, -0.15) is 5.26 Å². The number of likely N-dealkylation sites (tertiary alicyclic amines) is 1. The summed E-state index contributed by atoms with van der Waals surface area (Å²) >= 11 is 0. The van der Waals surface area contributed by atoms with Crippen LogP contribution in [0.1, 0.15) is 17.5 Å². The van der Waals surface area contributed by atoms with E-state index < -0.39 is 11.0 Å². The fourth-order valence-electron chi connectivity index (χ4n) is 4.75. The molecule has 2 aliphatic carbocycles. The van der Waals surface area contributed by atoms with Gasteiger partial charge in [0.05, 0.1) is 18.6 Å². The summed E-state index contributed by atoms with van der Waals surface area (Å²) in [5.41, 5.74) is 0.245. The lowest BCUT2D eigenvalue weighted by atomic mass is 9.52. The molecule has 1 fully saturated rings. The average Bonchev–Trinajstić information content (AvgIpc) is 2.57. The van der Waals surface area contributed by atoms with E-state index in [0.29, 0.717) is 29.7 Å². The van der Waals surface area contributed by atoms with Crippen LogP contribution in [0.4, 0.5) is 0 Å². The predicted octanol–water partition coefficient (Wildman–Crippen LogP) is 1.65. The number of aromatic hydroxyl groups is 1. The second-order valence-electron chi connectivity index (χ2n) is 6.94. The molecule has 0 aromatic heterocycles. The second kappa shape index (κ2) is 4.85. The minimum absolute atomic E-state index is 0.0697. The van der Waals surface area contributed by atoms with Crippen LogP contribution in [0.15, 0.2) is 35.9 Å². The largest absolute Gasteiger partial charge is 0.504 e. The molecule has 24 heavy (non-hydrogen) atoms. The number of phenols is 1. The first-order valence-electron chi connectivity index (χ1n) is 8.11. The van der Waals surface area contributed by atoms with E-state index in [0.717, 1.165) is 12.1 Å². The van der Waals surface area contributed by atoms with Gasteiger partial charge in [-0.05, 0) is 50.2 Å². The second-order valence-corrected chi connectivity index (χ2v) is 6.94. The number of hydrogen-bond donors (Lipinski definition) is 2. The smallest absolute Gasteiger partial charge is 0.162 e. The lowest BCUT2D eigenvalue weighted by molar-refractivity contribution is -0.0909. The third-order valence-electron chi connectivity index (χ3n) is 5.97. The first-order chi connectivity index (χ1) is 11.5. The van der Waals surface area contributed by atoms with Crippen molar-refractivity contribution in [3.8, 4) is 17.6 Å². The SMILES string of the molecule is COc1ccc2c(c1O)[C@]13C=C(C#N)C=C[C@@]1(O)[C@H](C2)N(C)CC3. The number of hydrogen-bond acceptors (Lipinski definition) is 5. The van der Waals surface area contributed by atoms with Crippen LogP contribution in [0, 0.1) is 11.3 Å². The Bertz CT molecular complexity index is 823. The molecule has 124 valence electrons. The molecule has 5 nitrogen and oxygen atoms in total. The molecule has 1 aromatic rings. The highest BCUT2D eigenvalue weighted by Crippen LogP contribution is 2.58. The van der Waals surface area contributed by atoms with Crippen molar-refractivity contribution in [1.29, 1.82) is 5.26 Å². The monoisotopic (exact) mass is 324 g/mol. The number of fused-ring (bicyclic) bond motifs is 1. The van der Waals surface area contributed by atoms with E-state index in [1.807, 2.05) is 19.2 Å². The Labute approximate surface area is 141 Å². The highest BCUT2D eigenvalue weighted by molar-refractivity contribution is 5.63. The Morgan fingerprint density at radius 2 is 2.21 bits per heavy atom. The van der Waals surface area contributed by atoms with Crippen LogP contribution in [0.2, 0.25) is 0 Å². The number of phenolic OH excluding ortho intramolecular Hbond substituents is 1. The minimum Gasteiger partial charge on any atom is -0.504 e. The Kier molecular flexibility index (Phi) is 3.08. The van der Waals surface area contributed by atoms with Gasteiger partial charge in [0, 0.05) is 17.2 Å². The predicted molar refractivity (Wildman–Crippen MR) is 88.9 cm³/mol. The summed E-state index contributed by atoms with van der Waals surface area (Å²) in [6.07, 6.45) is 6.53. The van der Waals surface area contributed by atoms with Gasteiger partial charge in [0.2, 0.25) is 0 Å². The van der Waals surface area contributed by atoms with E-state index in [1.54, 1.807) is 18.2 Å². The minimum atomic E-state index is -1.16. The van der Waals surface area contributed by atoms with Crippen molar-refractivity contribution in [3.63, 3.8) is 0 Å². The van der Waals surface area contributed by atoms with Crippen molar-refractivity contribution in [2.45, 2.75) is 29.9 Å². The molecule has 1 aliphatic heterocycles. The van der Waals surface area contributed by atoms with Gasteiger partial charge in [-0.3, -0.25) is 4.90 Å². The molecule has 3 aliphatic rings. The quantitative estimate of drug-likeness (QED) is 0.821. The van der Waals surface area contributed by atoms with Crippen LogP contribution >= 0.6 is 0 Å². The fourth-order valence-corrected chi connectivity index (χ4v) is 4.75. The number of nitrogens with zero attached hydrogens (tertiary/aromatic N) is 2. The molecule has 2 N–H and O–H groups in total. The van der Waals surface area contributed by atoms with Crippen LogP contribution in [0.5, 0.6) is 11.5 Å². The first kappa shape index (κ1) is 15.3. The van der Waals surface area contributed by atoms with Crippen LogP contribution in [0.25, 0.3) is 0 Å². The summed E-state index contributed by atoms with van der Waals surface area (Å²) in [4.78, 5) is 2.16. The van der Waals surface area contributed by atoms with E-state index in [1.165, 1.54) is 7.11 Å². The van der Waals surface area contributed by atoms with Crippen molar-refractivity contribution < 1.29 is 14.9 Å². The van der Waals surface area contributed by atoms with E-state index in [2.05, 4.69) is 11.0 Å². The van der Waals surface area contributed by atoms with Crippen LogP contribution < -0.4 is 4.74 Å². The topological polar surface area (TPSA) is 76.7 Å². The molecule has 4 rings (SSSR count). The lowest BCUT2D eigenvalue weighted by Gasteiger charge is -2.60. The summed E-state index contributed by atoms with van der Waals surface area (Å²) < 4.78 is 5.29. The maximum Gasteiger partial charge on any atom is 0.162 e. The Hall–Kier alpha value is -2.29. The molecule has 0 spiro atoms. The zero-order chi connectivity index (χ0) is 17.1. The van der Waals surface area contributed by atoms with Crippen molar-refractivity contribution in [1.82, 2.24) is 4.90 Å². The average molecular weight is 324 g/mol. The molecule has 1 heterocycles. The summed E-state index contributed by atoms with van der Waals surface area (Å²) in [5, 5.41) is 31.9. The van der Waals surface area contributed by atoms with Gasteiger partial charge in [0.15, 0.2) is 11.5 Å². The fraction of sp³-hybridized carbons (Fsp3) is 0.421. The van der Waals surface area contributed by atoms with Crippen LogP contribution in [0.3, 0.4) is 0 Å². The molecule has 1 aromatic carbocycles. The van der Waals surface area contributed by atoms with Crippen molar-refractivity contribution in [3.05, 3.63) is 47.1 Å². The molecule has 5 heteroatoms. The summed E-state index contributed by atoms with van der Waals surface area (Å²) in [6, 6.07) is 5.80. The first-order valence-corrected chi connectivity index (χ1v) is 8.11. The Morgan fingerprint density at radius 1 is 1.42 bits per heavy atom.